The Kier molecular flexibility index (Phi) is 3.92. The lowest BCUT2D eigenvalue weighted by molar-refractivity contribution is -0.291. The summed E-state index contributed by atoms with van der Waals surface area (Å²) in [7, 11) is 0. The summed E-state index contributed by atoms with van der Waals surface area (Å²) in [5.74, 6) is -1.32. The van der Waals surface area contributed by atoms with Crippen LogP contribution in [0.5, 0.6) is 0 Å². The number of fused-ring (bicyclic) bond motifs is 3. The highest BCUT2D eigenvalue weighted by atomic mass is 16.7. The van der Waals surface area contributed by atoms with Crippen LogP contribution in [0.1, 0.15) is 71.0 Å². The summed E-state index contributed by atoms with van der Waals surface area (Å²) < 4.78 is 32.6. The molecular weight excluding hydrogens is 588 g/mol. The first-order valence-corrected chi connectivity index (χ1v) is 17.3. The topological polar surface area (TPSA) is 125 Å². The number of carbonyl (C=O) groups excluding carboxylic acids is 3. The van der Waals surface area contributed by atoms with Crippen LogP contribution in [-0.2, 0) is 33.3 Å². The number of ether oxygens (including phenoxy) is 4. The maximum Gasteiger partial charge on any atom is 0.339 e. The summed E-state index contributed by atoms with van der Waals surface area (Å²) in [5, 5.41) is 12.7. The van der Waals surface area contributed by atoms with Gasteiger partial charge in [-0.25, -0.2) is 4.79 Å². The van der Waals surface area contributed by atoms with E-state index < -0.39 is 74.1 Å². The van der Waals surface area contributed by atoms with Crippen molar-refractivity contribution < 1.29 is 42.9 Å². The molecule has 6 bridgehead atoms. The van der Waals surface area contributed by atoms with Crippen molar-refractivity contribution in [2.45, 2.75) is 94.4 Å². The molecule has 5 saturated carbocycles. The maximum atomic E-state index is 15.2. The molecular formula is C37H38O9. The van der Waals surface area contributed by atoms with Crippen molar-refractivity contribution >= 4 is 17.7 Å². The molecule has 0 aromatic carbocycles. The molecule has 11 aliphatic rings. The number of ketones is 1. The smallest absolute Gasteiger partial charge is 0.339 e. The lowest BCUT2D eigenvalue weighted by atomic mass is 9.31. The summed E-state index contributed by atoms with van der Waals surface area (Å²) >= 11 is 0. The average molecular weight is 627 g/mol. The number of carbonyl (C=O) groups is 3. The van der Waals surface area contributed by atoms with E-state index in [-0.39, 0.29) is 36.1 Å². The van der Waals surface area contributed by atoms with E-state index in [0.29, 0.717) is 18.8 Å². The molecule has 5 aliphatic heterocycles. The minimum Gasteiger partial charge on any atom is -0.472 e. The first-order chi connectivity index (χ1) is 21.9. The molecule has 16 atom stereocenters. The van der Waals surface area contributed by atoms with Gasteiger partial charge in [0.2, 0.25) is 0 Å². The van der Waals surface area contributed by atoms with Crippen molar-refractivity contribution in [3.63, 3.8) is 0 Å². The van der Waals surface area contributed by atoms with Crippen molar-refractivity contribution in [2.24, 2.45) is 56.7 Å². The van der Waals surface area contributed by atoms with Crippen LogP contribution in [0, 0.1) is 56.7 Å². The molecule has 9 heteroatoms. The molecule has 5 spiro atoms. The fourth-order valence-electron chi connectivity index (χ4n) is 16.2. The van der Waals surface area contributed by atoms with E-state index in [1.54, 1.807) is 12.5 Å². The summed E-state index contributed by atoms with van der Waals surface area (Å²) in [6.07, 6.45) is 11.7. The molecule has 9 fully saturated rings. The predicted octanol–water partition coefficient (Wildman–Crippen LogP) is 4.00. The van der Waals surface area contributed by atoms with Crippen LogP contribution in [0.3, 0.4) is 0 Å². The average Bonchev–Trinajstić information content (AvgIpc) is 3.35. The van der Waals surface area contributed by atoms with Crippen LogP contribution in [0.2, 0.25) is 0 Å². The number of Topliss-reactive ketones (excluding diaryl/α,β-unsaturated/α-hetero) is 1. The van der Waals surface area contributed by atoms with Gasteiger partial charge in [-0.15, -0.1) is 0 Å². The largest absolute Gasteiger partial charge is 0.472 e. The Bertz CT molecular complexity index is 1810. The van der Waals surface area contributed by atoms with E-state index >= 15 is 4.79 Å². The number of furan rings is 1. The van der Waals surface area contributed by atoms with Gasteiger partial charge in [0.25, 0.3) is 0 Å². The fourth-order valence-corrected chi connectivity index (χ4v) is 16.2. The van der Waals surface area contributed by atoms with Gasteiger partial charge in [0.15, 0.2) is 11.9 Å². The number of aliphatic hydroxyl groups is 1. The van der Waals surface area contributed by atoms with Gasteiger partial charge in [-0.1, -0.05) is 32.1 Å². The SMILES string of the molecule is CC12CC=C3CC4CC5C=CC67C(=O)OCC8(C1C(=O)C(O)C1(C)C8C(CC8(C)C(c9ccoc9)OC(=O)C9OC981)CC46C5)C37O2. The molecule has 12 rings (SSSR count). The van der Waals surface area contributed by atoms with Crippen LogP contribution < -0.4 is 0 Å². The van der Waals surface area contributed by atoms with Crippen LogP contribution >= 0.6 is 0 Å². The normalized spacial score (nSPS) is 63.2. The molecule has 46 heavy (non-hydrogen) atoms. The third-order valence-corrected chi connectivity index (χ3v) is 16.8. The Morgan fingerprint density at radius 2 is 1.89 bits per heavy atom. The zero-order chi connectivity index (χ0) is 31.2. The van der Waals surface area contributed by atoms with E-state index in [0.717, 1.165) is 36.8 Å². The summed E-state index contributed by atoms with van der Waals surface area (Å²) in [6.45, 7) is 6.23. The van der Waals surface area contributed by atoms with E-state index in [4.69, 9.17) is 23.4 Å². The van der Waals surface area contributed by atoms with Crippen molar-refractivity contribution in [1.82, 2.24) is 0 Å². The number of hydrogen-bond acceptors (Lipinski definition) is 9. The minimum absolute atomic E-state index is 0.0196. The summed E-state index contributed by atoms with van der Waals surface area (Å²) in [5.41, 5.74) is -5.62. The monoisotopic (exact) mass is 626 g/mol. The number of aliphatic hydroxyl groups excluding tert-OH is 1. The van der Waals surface area contributed by atoms with Crippen LogP contribution in [0.25, 0.3) is 0 Å². The summed E-state index contributed by atoms with van der Waals surface area (Å²) in [6, 6.07) is 1.84. The maximum absolute atomic E-state index is 15.2. The number of epoxide rings is 1. The Morgan fingerprint density at radius 3 is 2.70 bits per heavy atom. The van der Waals surface area contributed by atoms with Crippen molar-refractivity contribution in [1.29, 1.82) is 0 Å². The third kappa shape index (κ3) is 1.99. The number of cyclic esters (lactones) is 2. The zero-order valence-electron chi connectivity index (χ0n) is 26.2. The second-order valence-electron chi connectivity index (χ2n) is 17.8. The Hall–Kier alpha value is -2.75. The fraction of sp³-hybridized carbons (Fsp3) is 0.703. The molecule has 1 N–H and O–H groups in total. The molecule has 0 amide bonds. The highest BCUT2D eigenvalue weighted by Gasteiger charge is 2.98. The first-order valence-electron chi connectivity index (χ1n) is 17.3. The third-order valence-electron chi connectivity index (χ3n) is 16.8. The standard InChI is InChI=1S/C37H38O9/c1-30-13-19-14-33-12-17-4-8-35(33)29(41)43-16-34-23(19)32(3,37(30)27(45-37)28(40)44-26(30)18-6-9-42-15-18)25(39)22(38)24(34)31(2)7-5-20(11-21(33)10-17)36(34,35)46-31/h4-6,8-9,15,17,19,21,23-27,39H,7,10-14,16H2,1-3H3. The Labute approximate surface area is 266 Å². The molecule has 6 heterocycles. The quantitative estimate of drug-likeness (QED) is 0.280. The molecule has 240 valence electrons. The van der Waals surface area contributed by atoms with Gasteiger partial charge < -0.3 is 28.5 Å². The number of hydrogen-bond donors (Lipinski definition) is 1. The molecule has 4 saturated heterocycles. The van der Waals surface area contributed by atoms with Gasteiger partial charge in [-0.05, 0) is 86.2 Å². The van der Waals surface area contributed by atoms with Crippen LogP contribution in [0.15, 0.2) is 46.8 Å². The number of rotatable bonds is 1. The van der Waals surface area contributed by atoms with Crippen molar-refractivity contribution in [2.75, 3.05) is 6.61 Å². The Morgan fingerprint density at radius 1 is 1.04 bits per heavy atom. The first kappa shape index (κ1) is 26.2. The highest BCUT2D eigenvalue weighted by Crippen LogP contribution is 2.91. The van der Waals surface area contributed by atoms with E-state index in [1.807, 2.05) is 19.9 Å². The molecule has 0 radical (unpaired) electrons. The molecule has 1 aromatic heterocycles. The van der Waals surface area contributed by atoms with Gasteiger partial charge in [-0.3, -0.25) is 9.59 Å². The second-order valence-corrected chi connectivity index (χ2v) is 17.8. The highest BCUT2D eigenvalue weighted by molar-refractivity contribution is 5.95. The second kappa shape index (κ2) is 6.88. The van der Waals surface area contributed by atoms with Gasteiger partial charge in [0.1, 0.15) is 35.4 Å². The number of allylic oxidation sites excluding steroid dienone is 1. The van der Waals surface area contributed by atoms with Crippen LogP contribution in [-0.4, -0.2) is 58.4 Å². The summed E-state index contributed by atoms with van der Waals surface area (Å²) in [4.78, 5) is 43.9. The zero-order valence-corrected chi connectivity index (χ0v) is 26.2. The lowest BCUT2D eigenvalue weighted by Gasteiger charge is -2.71. The van der Waals surface area contributed by atoms with Crippen molar-refractivity contribution in [3.05, 3.63) is 48.0 Å². The van der Waals surface area contributed by atoms with E-state index in [2.05, 4.69) is 25.2 Å². The van der Waals surface area contributed by atoms with Crippen LogP contribution in [0.4, 0.5) is 0 Å². The lowest BCUT2D eigenvalue weighted by Crippen LogP contribution is -2.81. The van der Waals surface area contributed by atoms with Gasteiger partial charge in [0.05, 0.1) is 29.5 Å². The van der Waals surface area contributed by atoms with Gasteiger partial charge >= 0.3 is 11.9 Å². The van der Waals surface area contributed by atoms with Gasteiger partial charge in [0, 0.05) is 16.4 Å². The van der Waals surface area contributed by atoms with E-state index in [1.165, 1.54) is 0 Å². The minimum atomic E-state index is -1.40. The van der Waals surface area contributed by atoms with Crippen molar-refractivity contribution in [3.8, 4) is 0 Å². The molecule has 6 aliphatic carbocycles. The predicted molar refractivity (Wildman–Crippen MR) is 155 cm³/mol. The van der Waals surface area contributed by atoms with E-state index in [9.17, 15) is 14.7 Å². The van der Waals surface area contributed by atoms with Gasteiger partial charge in [-0.2, -0.15) is 0 Å². The molecule has 1 aromatic rings. The number of esters is 2. The molecule has 16 unspecified atom stereocenters. The molecule has 9 nitrogen and oxygen atoms in total. The Balaban J connectivity index is 1.22.